The maximum Gasteiger partial charge on any atom is 0.338 e. The third-order valence-electron chi connectivity index (χ3n) is 3.97. The number of nitrogens with zero attached hydrogens (tertiary/aromatic N) is 2. The van der Waals surface area contributed by atoms with Crippen LogP contribution in [0.4, 0.5) is 11.4 Å². The maximum absolute atomic E-state index is 12.2. The number of carbonyl (C=O) groups excluding carboxylic acids is 2. The number of anilines is 1. The van der Waals surface area contributed by atoms with Crippen molar-refractivity contribution in [3.63, 3.8) is 0 Å². The number of amides is 1. The van der Waals surface area contributed by atoms with Crippen LogP contribution in [0, 0.1) is 0 Å². The number of hydrogen-bond acceptors (Lipinski definition) is 6. The van der Waals surface area contributed by atoms with Crippen molar-refractivity contribution in [3.8, 4) is 0 Å². The second-order valence-electron chi connectivity index (χ2n) is 6.24. The van der Waals surface area contributed by atoms with Crippen LogP contribution in [0.15, 0.2) is 58.4 Å². The highest BCUT2D eigenvalue weighted by molar-refractivity contribution is 8.18. The zero-order valence-electron chi connectivity index (χ0n) is 15.9. The Morgan fingerprint density at radius 1 is 1.14 bits per heavy atom. The molecule has 1 amide bonds. The van der Waals surface area contributed by atoms with Gasteiger partial charge in [0.15, 0.2) is 5.17 Å². The molecule has 6 nitrogen and oxygen atoms in total. The molecule has 0 aliphatic carbocycles. The summed E-state index contributed by atoms with van der Waals surface area (Å²) in [5.74, 6) is -0.542. The van der Waals surface area contributed by atoms with Gasteiger partial charge in [0.2, 0.25) is 0 Å². The van der Waals surface area contributed by atoms with Gasteiger partial charge in [-0.25, -0.2) is 9.79 Å². The van der Waals surface area contributed by atoms with Gasteiger partial charge in [0.1, 0.15) is 0 Å². The molecule has 7 heteroatoms. The molecule has 1 heterocycles. The molecular formula is C21H21N3O3S. The number of nitrogens with one attached hydrogen (secondary N) is 1. The Morgan fingerprint density at radius 2 is 1.82 bits per heavy atom. The van der Waals surface area contributed by atoms with Crippen LogP contribution < -0.4 is 10.2 Å². The summed E-state index contributed by atoms with van der Waals surface area (Å²) in [7, 11) is 3.96. The van der Waals surface area contributed by atoms with E-state index in [0.29, 0.717) is 27.9 Å². The van der Waals surface area contributed by atoms with E-state index in [1.807, 2.05) is 49.3 Å². The summed E-state index contributed by atoms with van der Waals surface area (Å²) < 4.78 is 4.96. The van der Waals surface area contributed by atoms with Crippen molar-refractivity contribution in [3.05, 3.63) is 64.6 Å². The van der Waals surface area contributed by atoms with Crippen molar-refractivity contribution < 1.29 is 14.3 Å². The average molecular weight is 395 g/mol. The molecular weight excluding hydrogens is 374 g/mol. The van der Waals surface area contributed by atoms with Crippen molar-refractivity contribution in [2.45, 2.75) is 6.92 Å². The van der Waals surface area contributed by atoms with E-state index in [4.69, 9.17) is 4.74 Å². The smallest absolute Gasteiger partial charge is 0.338 e. The van der Waals surface area contributed by atoms with Crippen LogP contribution >= 0.6 is 11.8 Å². The minimum Gasteiger partial charge on any atom is -0.462 e. The molecule has 1 aliphatic heterocycles. The topological polar surface area (TPSA) is 71.0 Å². The number of aliphatic imine (C=N–C) groups is 1. The molecule has 144 valence electrons. The maximum atomic E-state index is 12.2. The molecule has 0 radical (unpaired) electrons. The highest BCUT2D eigenvalue weighted by atomic mass is 32.2. The summed E-state index contributed by atoms with van der Waals surface area (Å²) in [5, 5.41) is 3.27. The second-order valence-corrected chi connectivity index (χ2v) is 7.27. The number of hydrogen-bond donors (Lipinski definition) is 1. The highest BCUT2D eigenvalue weighted by Crippen LogP contribution is 2.28. The molecule has 0 bridgehead atoms. The summed E-state index contributed by atoms with van der Waals surface area (Å²) in [6.07, 6.45) is 1.84. The molecule has 1 fully saturated rings. The number of benzene rings is 2. The predicted molar refractivity (Wildman–Crippen MR) is 114 cm³/mol. The zero-order valence-corrected chi connectivity index (χ0v) is 16.7. The number of esters is 1. The molecule has 2 aromatic carbocycles. The van der Waals surface area contributed by atoms with Crippen LogP contribution in [0.1, 0.15) is 22.8 Å². The first-order chi connectivity index (χ1) is 13.5. The van der Waals surface area contributed by atoms with Gasteiger partial charge in [0, 0.05) is 19.8 Å². The number of ether oxygens (including phenoxy) is 1. The van der Waals surface area contributed by atoms with Gasteiger partial charge in [0.25, 0.3) is 5.91 Å². The van der Waals surface area contributed by atoms with E-state index in [9.17, 15) is 9.59 Å². The standard InChI is InChI=1S/C21H21N3O3S/c1-4-27-20(26)15-7-9-16(10-8-15)22-21-23-19(25)18(28-21)13-14-5-11-17(12-6-14)24(2)3/h5-13H,4H2,1-3H3,(H,22,23,25)/b18-13+. The van der Waals surface area contributed by atoms with Gasteiger partial charge in [-0.05, 0) is 66.7 Å². The monoisotopic (exact) mass is 395 g/mol. The van der Waals surface area contributed by atoms with Crippen LogP contribution in [-0.2, 0) is 9.53 Å². The quantitative estimate of drug-likeness (QED) is 0.616. The summed E-state index contributed by atoms with van der Waals surface area (Å²) in [6, 6.07) is 14.7. The van der Waals surface area contributed by atoms with Crippen molar-refractivity contribution in [1.29, 1.82) is 0 Å². The first kappa shape index (κ1) is 19.7. The van der Waals surface area contributed by atoms with Gasteiger partial charge in [-0.1, -0.05) is 12.1 Å². The Labute approximate surface area is 168 Å². The Hall–Kier alpha value is -3.06. The number of carbonyl (C=O) groups is 2. The zero-order chi connectivity index (χ0) is 20.1. The van der Waals surface area contributed by atoms with Crippen LogP contribution in [0.2, 0.25) is 0 Å². The lowest BCUT2D eigenvalue weighted by Crippen LogP contribution is -2.19. The van der Waals surface area contributed by atoms with Crippen LogP contribution in [0.3, 0.4) is 0 Å². The average Bonchev–Trinajstić information content (AvgIpc) is 3.01. The molecule has 0 atom stereocenters. The van der Waals surface area contributed by atoms with E-state index in [1.54, 1.807) is 31.2 Å². The molecule has 0 aromatic heterocycles. The van der Waals surface area contributed by atoms with Crippen LogP contribution in [-0.4, -0.2) is 37.7 Å². The van der Waals surface area contributed by atoms with Gasteiger partial charge in [0.05, 0.1) is 22.8 Å². The number of amidine groups is 1. The number of rotatable bonds is 5. The van der Waals surface area contributed by atoms with E-state index in [2.05, 4.69) is 10.3 Å². The third-order valence-corrected chi connectivity index (χ3v) is 4.88. The van der Waals surface area contributed by atoms with E-state index < -0.39 is 0 Å². The summed E-state index contributed by atoms with van der Waals surface area (Å²) in [6.45, 7) is 2.10. The predicted octanol–water partition coefficient (Wildman–Crippen LogP) is 3.82. The van der Waals surface area contributed by atoms with E-state index in [1.165, 1.54) is 11.8 Å². The minimum atomic E-state index is -0.365. The van der Waals surface area contributed by atoms with Crippen LogP contribution in [0.5, 0.6) is 0 Å². The fourth-order valence-corrected chi connectivity index (χ4v) is 3.35. The summed E-state index contributed by atoms with van der Waals surface area (Å²) in [5.41, 5.74) is 3.16. The van der Waals surface area contributed by atoms with Gasteiger partial charge in [-0.15, -0.1) is 0 Å². The number of thioether (sulfide) groups is 1. The SMILES string of the molecule is CCOC(=O)c1ccc(N=C2NC(=O)/C(=C\c3ccc(N(C)C)cc3)S2)cc1. The van der Waals surface area contributed by atoms with Gasteiger partial charge < -0.3 is 15.0 Å². The lowest BCUT2D eigenvalue weighted by atomic mass is 10.2. The largest absolute Gasteiger partial charge is 0.462 e. The fraction of sp³-hybridized carbons (Fsp3) is 0.190. The summed E-state index contributed by atoms with van der Waals surface area (Å²) >= 11 is 1.29. The van der Waals surface area contributed by atoms with Crippen LogP contribution in [0.25, 0.3) is 6.08 Å². The Morgan fingerprint density at radius 3 is 2.43 bits per heavy atom. The summed E-state index contributed by atoms with van der Waals surface area (Å²) in [4.78, 5) is 30.9. The van der Waals surface area contributed by atoms with Gasteiger partial charge >= 0.3 is 5.97 Å². The first-order valence-electron chi connectivity index (χ1n) is 8.80. The van der Waals surface area contributed by atoms with E-state index in [-0.39, 0.29) is 11.9 Å². The molecule has 3 rings (SSSR count). The van der Waals surface area contributed by atoms with Crippen molar-refractivity contribution >= 4 is 46.3 Å². The van der Waals surface area contributed by atoms with Gasteiger partial charge in [-0.3, -0.25) is 4.79 Å². The lowest BCUT2D eigenvalue weighted by Gasteiger charge is -2.11. The van der Waals surface area contributed by atoms with E-state index in [0.717, 1.165) is 11.3 Å². The lowest BCUT2D eigenvalue weighted by molar-refractivity contribution is -0.115. The molecule has 0 unspecified atom stereocenters. The normalized spacial score (nSPS) is 16.3. The van der Waals surface area contributed by atoms with Crippen molar-refractivity contribution in [1.82, 2.24) is 5.32 Å². The molecule has 0 spiro atoms. The Kier molecular flexibility index (Phi) is 6.16. The van der Waals surface area contributed by atoms with Crippen molar-refractivity contribution in [2.75, 3.05) is 25.6 Å². The first-order valence-corrected chi connectivity index (χ1v) is 9.62. The molecule has 2 aromatic rings. The van der Waals surface area contributed by atoms with E-state index >= 15 is 0 Å². The Balaban J connectivity index is 1.72. The Bertz CT molecular complexity index is 932. The molecule has 28 heavy (non-hydrogen) atoms. The molecule has 1 aliphatic rings. The van der Waals surface area contributed by atoms with Gasteiger partial charge in [-0.2, -0.15) is 0 Å². The fourth-order valence-electron chi connectivity index (χ4n) is 2.50. The second kappa shape index (κ2) is 8.75. The van der Waals surface area contributed by atoms with Crippen molar-refractivity contribution in [2.24, 2.45) is 4.99 Å². The minimum absolute atomic E-state index is 0.177. The molecule has 1 N–H and O–H groups in total. The third kappa shape index (κ3) is 4.80. The molecule has 1 saturated heterocycles. The highest BCUT2D eigenvalue weighted by Gasteiger charge is 2.23. The molecule has 0 saturated carbocycles.